The zero-order chi connectivity index (χ0) is 23.9. The molecule has 0 N–H and O–H groups in total. The summed E-state index contributed by atoms with van der Waals surface area (Å²) >= 11 is 1.72. The maximum atomic E-state index is 13.9. The van der Waals surface area contributed by atoms with Crippen LogP contribution in [0.15, 0.2) is 64.7 Å². The second kappa shape index (κ2) is 9.01. The molecule has 2 aromatic carbocycles. The van der Waals surface area contributed by atoms with Crippen molar-refractivity contribution in [1.82, 2.24) is 24.1 Å². The van der Waals surface area contributed by atoms with Crippen molar-refractivity contribution < 1.29 is 13.9 Å². The highest BCUT2D eigenvalue weighted by molar-refractivity contribution is 8.00. The zero-order valence-corrected chi connectivity index (χ0v) is 19.9. The molecule has 4 aromatic rings. The number of para-hydroxylation sites is 1. The minimum absolute atomic E-state index is 0.0165. The summed E-state index contributed by atoms with van der Waals surface area (Å²) in [6.07, 6.45) is 2.23. The third-order valence-electron chi connectivity index (χ3n) is 6.46. The lowest BCUT2D eigenvalue weighted by Crippen LogP contribution is -2.55. The molecule has 2 aliphatic rings. The fourth-order valence-corrected chi connectivity index (χ4v) is 6.13. The standard InChI is InChI=1S/C25H24FN5O3S/c1-33-17-8-6-16(7-9-17)11-30-24-20(23-27-15-28-31(23)25(30)32)10-19(35-24)14-29-12-18(13-29)34-22-5-3-2-4-21(22)26/h2-9,15,18-19H,10-14H2,1H3. The van der Waals surface area contributed by atoms with Crippen LogP contribution in [0.25, 0.3) is 5.65 Å². The van der Waals surface area contributed by atoms with Gasteiger partial charge in [0.15, 0.2) is 17.2 Å². The number of methoxy groups -OCH3 is 1. The number of nitrogens with zero attached hydrogens (tertiary/aromatic N) is 5. The molecule has 2 aliphatic heterocycles. The van der Waals surface area contributed by atoms with E-state index in [-0.39, 0.29) is 22.9 Å². The second-order valence-electron chi connectivity index (χ2n) is 8.83. The molecule has 1 saturated heterocycles. The predicted octanol–water partition coefficient (Wildman–Crippen LogP) is 2.87. The van der Waals surface area contributed by atoms with Gasteiger partial charge in [-0.3, -0.25) is 9.47 Å². The van der Waals surface area contributed by atoms with Crippen molar-refractivity contribution in [2.75, 3.05) is 26.7 Å². The maximum absolute atomic E-state index is 13.9. The van der Waals surface area contributed by atoms with Crippen LogP contribution in [-0.4, -0.2) is 62.2 Å². The van der Waals surface area contributed by atoms with Crippen LogP contribution < -0.4 is 15.2 Å². The largest absolute Gasteiger partial charge is 0.497 e. The lowest BCUT2D eigenvalue weighted by molar-refractivity contribution is 0.0183. The van der Waals surface area contributed by atoms with Gasteiger partial charge in [-0.1, -0.05) is 24.3 Å². The fraction of sp³-hybridized carbons (Fsp3) is 0.320. The van der Waals surface area contributed by atoms with Crippen LogP contribution in [0.1, 0.15) is 11.1 Å². The molecule has 0 radical (unpaired) electrons. The molecule has 35 heavy (non-hydrogen) atoms. The Morgan fingerprint density at radius 1 is 1.14 bits per heavy atom. The summed E-state index contributed by atoms with van der Waals surface area (Å²) in [5, 5.41) is 5.42. The predicted molar refractivity (Wildman–Crippen MR) is 130 cm³/mol. The molecule has 1 fully saturated rings. The molecular weight excluding hydrogens is 469 g/mol. The number of hydrogen-bond acceptors (Lipinski definition) is 7. The highest BCUT2D eigenvalue weighted by atomic mass is 32.2. The zero-order valence-electron chi connectivity index (χ0n) is 19.1. The van der Waals surface area contributed by atoms with E-state index in [1.807, 2.05) is 24.3 Å². The topological polar surface area (TPSA) is 73.9 Å². The average molecular weight is 494 g/mol. The first-order valence-electron chi connectivity index (χ1n) is 11.5. The van der Waals surface area contributed by atoms with E-state index in [9.17, 15) is 9.18 Å². The molecule has 10 heteroatoms. The Bertz CT molecular complexity index is 1430. The Hall–Kier alpha value is -3.37. The van der Waals surface area contributed by atoms with Crippen LogP contribution >= 0.6 is 11.8 Å². The van der Waals surface area contributed by atoms with Crippen LogP contribution in [0.2, 0.25) is 0 Å². The average Bonchev–Trinajstić information content (AvgIpc) is 3.49. The quantitative estimate of drug-likeness (QED) is 0.367. The van der Waals surface area contributed by atoms with E-state index in [1.54, 1.807) is 41.6 Å². The van der Waals surface area contributed by atoms with Gasteiger partial charge < -0.3 is 9.47 Å². The minimum Gasteiger partial charge on any atom is -0.497 e. The molecule has 0 saturated carbocycles. The first kappa shape index (κ1) is 22.1. The van der Waals surface area contributed by atoms with Crippen LogP contribution in [0.4, 0.5) is 4.39 Å². The molecule has 0 amide bonds. The monoisotopic (exact) mass is 493 g/mol. The number of rotatable bonds is 7. The van der Waals surface area contributed by atoms with Gasteiger partial charge in [0, 0.05) is 30.4 Å². The molecule has 0 spiro atoms. The second-order valence-corrected chi connectivity index (χ2v) is 10.1. The van der Waals surface area contributed by atoms with Gasteiger partial charge in [0.25, 0.3) is 0 Å². The Morgan fingerprint density at radius 2 is 1.94 bits per heavy atom. The van der Waals surface area contributed by atoms with Gasteiger partial charge in [-0.2, -0.15) is 9.61 Å². The first-order chi connectivity index (χ1) is 17.1. The van der Waals surface area contributed by atoms with Crippen LogP contribution in [0.3, 0.4) is 0 Å². The molecule has 6 rings (SSSR count). The number of hydrogen-bond donors (Lipinski definition) is 0. The van der Waals surface area contributed by atoms with Gasteiger partial charge in [-0.15, -0.1) is 11.8 Å². The maximum Gasteiger partial charge on any atom is 0.351 e. The van der Waals surface area contributed by atoms with Gasteiger partial charge in [0.1, 0.15) is 18.2 Å². The molecule has 8 nitrogen and oxygen atoms in total. The fourth-order valence-electron chi connectivity index (χ4n) is 4.70. The summed E-state index contributed by atoms with van der Waals surface area (Å²) in [6.45, 7) is 2.80. The van der Waals surface area contributed by atoms with Crippen molar-refractivity contribution in [1.29, 1.82) is 0 Å². The summed E-state index contributed by atoms with van der Waals surface area (Å²) in [5.74, 6) is 0.746. The molecule has 2 aromatic heterocycles. The summed E-state index contributed by atoms with van der Waals surface area (Å²) in [4.78, 5) is 19.9. The van der Waals surface area contributed by atoms with Gasteiger partial charge in [0.05, 0.1) is 18.7 Å². The molecule has 0 bridgehead atoms. The number of fused-ring (bicyclic) bond motifs is 3. The third-order valence-corrected chi connectivity index (χ3v) is 7.80. The van der Waals surface area contributed by atoms with Gasteiger partial charge in [-0.25, -0.2) is 14.2 Å². The van der Waals surface area contributed by atoms with Gasteiger partial charge in [0.2, 0.25) is 0 Å². The first-order valence-corrected chi connectivity index (χ1v) is 12.4. The van der Waals surface area contributed by atoms with Crippen molar-refractivity contribution in [3.63, 3.8) is 0 Å². The Morgan fingerprint density at radius 3 is 2.71 bits per heavy atom. The molecule has 0 aliphatic carbocycles. The summed E-state index contributed by atoms with van der Waals surface area (Å²) in [7, 11) is 1.63. The van der Waals surface area contributed by atoms with Gasteiger partial charge >= 0.3 is 5.69 Å². The highest BCUT2D eigenvalue weighted by Gasteiger charge is 2.35. The van der Waals surface area contributed by atoms with Crippen LogP contribution in [-0.2, 0) is 13.0 Å². The lowest BCUT2D eigenvalue weighted by Gasteiger charge is -2.40. The molecule has 1 atom stereocenters. The summed E-state index contributed by atoms with van der Waals surface area (Å²) < 4.78 is 28.1. The van der Waals surface area contributed by atoms with E-state index in [0.717, 1.165) is 48.0 Å². The van der Waals surface area contributed by atoms with Crippen LogP contribution in [0, 0.1) is 5.82 Å². The third kappa shape index (κ3) is 4.17. The van der Waals surface area contributed by atoms with E-state index < -0.39 is 0 Å². The molecule has 180 valence electrons. The number of ether oxygens (including phenoxy) is 2. The Balaban J connectivity index is 1.17. The number of thioether (sulfide) groups is 1. The molecule has 1 unspecified atom stereocenters. The van der Waals surface area contributed by atoms with E-state index in [0.29, 0.717) is 17.9 Å². The number of likely N-dealkylation sites (tertiary alicyclic amines) is 1. The van der Waals surface area contributed by atoms with Gasteiger partial charge in [-0.05, 0) is 36.2 Å². The Kier molecular flexibility index (Phi) is 5.69. The van der Waals surface area contributed by atoms with Crippen molar-refractivity contribution >= 4 is 17.4 Å². The van der Waals surface area contributed by atoms with Crippen LogP contribution in [0.5, 0.6) is 11.5 Å². The summed E-state index contributed by atoms with van der Waals surface area (Å²) in [6, 6.07) is 14.2. The highest BCUT2D eigenvalue weighted by Crippen LogP contribution is 2.39. The smallest absolute Gasteiger partial charge is 0.351 e. The Labute approximate surface area is 205 Å². The van der Waals surface area contributed by atoms with Crippen molar-refractivity contribution in [3.05, 3.63) is 82.3 Å². The number of aromatic nitrogens is 4. The SMILES string of the molecule is COc1ccc(Cn2c3c(c4ncnn4c2=O)CC(CN2CC(Oc4ccccc4F)C2)S3)cc1. The van der Waals surface area contributed by atoms with E-state index in [1.165, 1.54) is 16.9 Å². The van der Waals surface area contributed by atoms with Crippen molar-refractivity contribution in [2.45, 2.75) is 29.3 Å². The normalized spacial score (nSPS) is 17.9. The molecular formula is C25H24FN5O3S. The summed E-state index contributed by atoms with van der Waals surface area (Å²) in [5.41, 5.74) is 2.51. The van der Waals surface area contributed by atoms with E-state index in [4.69, 9.17) is 9.47 Å². The molecule has 4 heterocycles. The van der Waals surface area contributed by atoms with Crippen molar-refractivity contribution in [2.24, 2.45) is 0 Å². The van der Waals surface area contributed by atoms with E-state index >= 15 is 0 Å². The van der Waals surface area contributed by atoms with Crippen molar-refractivity contribution in [3.8, 4) is 11.5 Å². The number of benzene rings is 2. The lowest BCUT2D eigenvalue weighted by atomic mass is 10.1. The van der Waals surface area contributed by atoms with E-state index in [2.05, 4.69) is 15.0 Å². The minimum atomic E-state index is -0.333. The number of halogens is 1.